The summed E-state index contributed by atoms with van der Waals surface area (Å²) in [5, 5.41) is 3.31. The van der Waals surface area contributed by atoms with E-state index in [-0.39, 0.29) is 5.78 Å². The number of fused-ring (bicyclic) bond motifs is 1. The number of carbonyl (C=O) groups is 1. The Kier molecular flexibility index (Phi) is 2.86. The molecule has 2 aromatic rings. The zero-order chi connectivity index (χ0) is 12.4. The van der Waals surface area contributed by atoms with Gasteiger partial charge in [0.05, 0.1) is 6.20 Å². The van der Waals surface area contributed by atoms with Gasteiger partial charge in [0.2, 0.25) is 5.78 Å². The molecule has 4 nitrogen and oxygen atoms in total. The number of aromatic nitrogens is 2. The van der Waals surface area contributed by atoms with E-state index in [0.29, 0.717) is 5.69 Å². The molecule has 1 aliphatic rings. The van der Waals surface area contributed by atoms with Crippen molar-refractivity contribution < 1.29 is 4.79 Å². The smallest absolute Gasteiger partial charge is 0.213 e. The van der Waals surface area contributed by atoms with Crippen LogP contribution >= 0.6 is 0 Å². The molecule has 3 rings (SSSR count). The molecular formula is C14H13N3O. The van der Waals surface area contributed by atoms with Crippen molar-refractivity contribution in [1.29, 1.82) is 0 Å². The van der Waals surface area contributed by atoms with Crippen LogP contribution in [0, 0.1) is 0 Å². The Morgan fingerprint density at radius 2 is 2.22 bits per heavy atom. The van der Waals surface area contributed by atoms with Crippen LogP contribution in [0.5, 0.6) is 0 Å². The van der Waals surface area contributed by atoms with E-state index in [0.717, 1.165) is 30.6 Å². The van der Waals surface area contributed by atoms with Gasteiger partial charge < -0.3 is 5.32 Å². The summed E-state index contributed by atoms with van der Waals surface area (Å²) in [6, 6.07) is 5.87. The van der Waals surface area contributed by atoms with Crippen molar-refractivity contribution in [2.75, 3.05) is 6.54 Å². The van der Waals surface area contributed by atoms with Crippen LogP contribution in [-0.2, 0) is 13.0 Å². The Labute approximate surface area is 105 Å². The lowest BCUT2D eigenvalue weighted by molar-refractivity contribution is 0.103. The normalized spacial score (nSPS) is 14.0. The topological polar surface area (TPSA) is 54.9 Å². The summed E-state index contributed by atoms with van der Waals surface area (Å²) < 4.78 is 0. The molecule has 2 heterocycles. The van der Waals surface area contributed by atoms with Gasteiger partial charge in [-0.3, -0.25) is 9.78 Å². The number of hydrogen-bond donors (Lipinski definition) is 1. The van der Waals surface area contributed by atoms with Crippen LogP contribution in [0.1, 0.15) is 27.2 Å². The maximum absolute atomic E-state index is 12.4. The number of ketones is 1. The third kappa shape index (κ3) is 1.91. The Bertz CT molecular complexity index is 581. The second-order valence-electron chi connectivity index (χ2n) is 4.29. The maximum atomic E-state index is 12.4. The van der Waals surface area contributed by atoms with Gasteiger partial charge in [-0.2, -0.15) is 0 Å². The fraction of sp³-hybridized carbons (Fsp3) is 0.214. The molecule has 0 radical (unpaired) electrons. The highest BCUT2D eigenvalue weighted by Gasteiger charge is 2.19. The molecule has 0 saturated heterocycles. The summed E-state index contributed by atoms with van der Waals surface area (Å²) in [4.78, 5) is 20.4. The predicted molar refractivity (Wildman–Crippen MR) is 67.3 cm³/mol. The van der Waals surface area contributed by atoms with Crippen molar-refractivity contribution in [3.05, 3.63) is 59.2 Å². The molecule has 0 spiro atoms. The molecule has 0 unspecified atom stereocenters. The van der Waals surface area contributed by atoms with Gasteiger partial charge in [0.1, 0.15) is 5.69 Å². The molecule has 0 saturated carbocycles. The van der Waals surface area contributed by atoms with Gasteiger partial charge in [0.25, 0.3) is 0 Å². The first-order valence-electron chi connectivity index (χ1n) is 5.98. The molecular weight excluding hydrogens is 226 g/mol. The Hall–Kier alpha value is -2.07. The average Bonchev–Trinajstić information content (AvgIpc) is 2.47. The van der Waals surface area contributed by atoms with E-state index >= 15 is 0 Å². The molecule has 4 heteroatoms. The Morgan fingerprint density at radius 1 is 1.28 bits per heavy atom. The third-order valence-electron chi connectivity index (χ3n) is 3.18. The third-order valence-corrected chi connectivity index (χ3v) is 3.18. The van der Waals surface area contributed by atoms with Crippen LogP contribution in [0.25, 0.3) is 0 Å². The van der Waals surface area contributed by atoms with E-state index in [1.807, 2.05) is 12.1 Å². The van der Waals surface area contributed by atoms with Crippen LogP contribution in [0.3, 0.4) is 0 Å². The second-order valence-corrected chi connectivity index (χ2v) is 4.29. The van der Waals surface area contributed by atoms with E-state index in [2.05, 4.69) is 21.4 Å². The standard InChI is InChI=1S/C14H13N3O/c18-14(13-9-16-6-7-17-13)12-3-1-2-10-8-15-5-4-11(10)12/h1-3,6-7,9,15H,4-5,8H2. The summed E-state index contributed by atoms with van der Waals surface area (Å²) in [5.74, 6) is -0.0400. The van der Waals surface area contributed by atoms with E-state index in [1.54, 1.807) is 12.4 Å². The molecule has 0 aliphatic carbocycles. The summed E-state index contributed by atoms with van der Waals surface area (Å²) in [6.45, 7) is 1.74. The van der Waals surface area contributed by atoms with Gasteiger partial charge in [-0.05, 0) is 24.1 Å². The van der Waals surface area contributed by atoms with Gasteiger partial charge in [0, 0.05) is 24.5 Å². The largest absolute Gasteiger partial charge is 0.312 e. The maximum Gasteiger partial charge on any atom is 0.213 e. The van der Waals surface area contributed by atoms with Crippen LogP contribution < -0.4 is 5.32 Å². The summed E-state index contributed by atoms with van der Waals surface area (Å²) in [7, 11) is 0. The summed E-state index contributed by atoms with van der Waals surface area (Å²) >= 11 is 0. The molecule has 1 aliphatic heterocycles. The molecule has 0 amide bonds. The molecule has 0 bridgehead atoms. The molecule has 1 N–H and O–H groups in total. The lowest BCUT2D eigenvalue weighted by Crippen LogP contribution is -2.25. The molecule has 0 atom stereocenters. The number of benzene rings is 1. The first-order chi connectivity index (χ1) is 8.86. The zero-order valence-electron chi connectivity index (χ0n) is 9.89. The van der Waals surface area contributed by atoms with E-state index in [9.17, 15) is 4.79 Å². The van der Waals surface area contributed by atoms with Crippen LogP contribution in [0.15, 0.2) is 36.8 Å². The van der Waals surface area contributed by atoms with Crippen molar-refractivity contribution in [2.45, 2.75) is 13.0 Å². The number of nitrogens with zero attached hydrogens (tertiary/aromatic N) is 2. The van der Waals surface area contributed by atoms with Crippen molar-refractivity contribution in [2.24, 2.45) is 0 Å². The second kappa shape index (κ2) is 4.66. The molecule has 90 valence electrons. The molecule has 1 aromatic carbocycles. The monoisotopic (exact) mass is 239 g/mol. The summed E-state index contributed by atoms with van der Waals surface area (Å²) in [6.07, 6.45) is 5.52. The van der Waals surface area contributed by atoms with Crippen LogP contribution in [0.4, 0.5) is 0 Å². The lowest BCUT2D eigenvalue weighted by atomic mass is 9.92. The van der Waals surface area contributed by atoms with Crippen molar-refractivity contribution in [1.82, 2.24) is 15.3 Å². The quantitative estimate of drug-likeness (QED) is 0.804. The van der Waals surface area contributed by atoms with Crippen molar-refractivity contribution in [3.63, 3.8) is 0 Å². The fourth-order valence-electron chi connectivity index (χ4n) is 2.30. The number of rotatable bonds is 2. The number of carbonyl (C=O) groups excluding carboxylic acids is 1. The highest BCUT2D eigenvalue weighted by atomic mass is 16.1. The van der Waals surface area contributed by atoms with Crippen molar-refractivity contribution in [3.8, 4) is 0 Å². The summed E-state index contributed by atoms with van der Waals surface area (Å²) in [5.41, 5.74) is 3.52. The highest BCUT2D eigenvalue weighted by Crippen LogP contribution is 2.20. The van der Waals surface area contributed by atoms with E-state index < -0.39 is 0 Å². The van der Waals surface area contributed by atoms with Gasteiger partial charge >= 0.3 is 0 Å². The van der Waals surface area contributed by atoms with Gasteiger partial charge in [-0.1, -0.05) is 18.2 Å². The zero-order valence-corrected chi connectivity index (χ0v) is 9.89. The molecule has 18 heavy (non-hydrogen) atoms. The minimum absolute atomic E-state index is 0.0400. The molecule has 1 aromatic heterocycles. The van der Waals surface area contributed by atoms with Gasteiger partial charge in [-0.25, -0.2) is 4.98 Å². The highest BCUT2D eigenvalue weighted by molar-refractivity contribution is 6.08. The minimum atomic E-state index is -0.0400. The van der Waals surface area contributed by atoms with E-state index in [4.69, 9.17) is 0 Å². The van der Waals surface area contributed by atoms with Crippen molar-refractivity contribution >= 4 is 5.78 Å². The van der Waals surface area contributed by atoms with Gasteiger partial charge in [0.15, 0.2) is 0 Å². The first kappa shape index (κ1) is 11.0. The lowest BCUT2D eigenvalue weighted by Gasteiger charge is -2.19. The molecule has 0 fully saturated rings. The minimum Gasteiger partial charge on any atom is -0.312 e. The predicted octanol–water partition coefficient (Wildman–Crippen LogP) is 1.35. The number of nitrogens with one attached hydrogen (secondary N) is 1. The average molecular weight is 239 g/mol. The fourth-order valence-corrected chi connectivity index (χ4v) is 2.30. The van der Waals surface area contributed by atoms with Crippen LogP contribution in [0.2, 0.25) is 0 Å². The Balaban J connectivity index is 2.05. The SMILES string of the molecule is O=C(c1cnccn1)c1cccc2c1CCNC2. The van der Waals surface area contributed by atoms with Gasteiger partial charge in [-0.15, -0.1) is 0 Å². The number of hydrogen-bond acceptors (Lipinski definition) is 4. The first-order valence-corrected chi connectivity index (χ1v) is 5.98. The Morgan fingerprint density at radius 3 is 3.06 bits per heavy atom. The van der Waals surface area contributed by atoms with Crippen LogP contribution in [-0.4, -0.2) is 22.3 Å². The van der Waals surface area contributed by atoms with E-state index in [1.165, 1.54) is 11.8 Å².